The number of rotatable bonds is 14. The Hall–Kier alpha value is -3.28. The van der Waals surface area contributed by atoms with Crippen molar-refractivity contribution in [3.8, 4) is 5.75 Å². The van der Waals surface area contributed by atoms with E-state index >= 15 is 0 Å². The Balaban J connectivity index is 1.64. The van der Waals surface area contributed by atoms with Gasteiger partial charge in [0.15, 0.2) is 6.10 Å². The highest BCUT2D eigenvalue weighted by molar-refractivity contribution is 6.04. The number of para-hydroxylation sites is 1. The van der Waals surface area contributed by atoms with Gasteiger partial charge in [-0.1, -0.05) is 69.4 Å². The number of benzene rings is 2. The molecular formula is C32H43NO5. The first kappa shape index (κ1) is 29.3. The summed E-state index contributed by atoms with van der Waals surface area (Å²) in [6.07, 6.45) is 10.0. The molecule has 206 valence electrons. The Bertz CT molecular complexity index is 1170. The standard InChI is InChI=1S/C32H43NO5/c1-6-7-8-9-10-11-14-25-17-19-26(20-18-25)36-23-27(37-24(2)34)21-33-22-29(31(35)38-32(3,4)5)28-15-12-13-16-30(28)33/h12-13,15-20,22,27H,6-11,14,21,23H2,1-5H3. The van der Waals surface area contributed by atoms with Crippen LogP contribution >= 0.6 is 0 Å². The third kappa shape index (κ3) is 9.23. The van der Waals surface area contributed by atoms with Gasteiger partial charge in [-0.2, -0.15) is 0 Å². The molecule has 2 aromatic carbocycles. The van der Waals surface area contributed by atoms with Crippen LogP contribution in [0, 0.1) is 0 Å². The van der Waals surface area contributed by atoms with E-state index < -0.39 is 11.7 Å². The van der Waals surface area contributed by atoms with Gasteiger partial charge in [-0.3, -0.25) is 4.79 Å². The van der Waals surface area contributed by atoms with Gasteiger partial charge in [0, 0.05) is 24.0 Å². The Morgan fingerprint density at radius 1 is 0.921 bits per heavy atom. The lowest BCUT2D eigenvalue weighted by Crippen LogP contribution is -2.29. The molecule has 0 aliphatic heterocycles. The number of hydrogen-bond donors (Lipinski definition) is 0. The van der Waals surface area contributed by atoms with Crippen LogP contribution in [0.5, 0.6) is 5.75 Å². The number of unbranched alkanes of at least 4 members (excludes halogenated alkanes) is 5. The molecule has 3 aromatic rings. The lowest BCUT2D eigenvalue weighted by Gasteiger charge is -2.19. The number of aryl methyl sites for hydroxylation is 1. The fraction of sp³-hybridized carbons (Fsp3) is 0.500. The van der Waals surface area contributed by atoms with Crippen molar-refractivity contribution in [2.45, 2.75) is 97.8 Å². The first-order valence-electron chi connectivity index (χ1n) is 13.9. The molecule has 0 aliphatic rings. The van der Waals surface area contributed by atoms with E-state index in [2.05, 4.69) is 19.1 Å². The molecule has 0 spiro atoms. The van der Waals surface area contributed by atoms with E-state index in [-0.39, 0.29) is 18.5 Å². The molecule has 0 radical (unpaired) electrons. The van der Waals surface area contributed by atoms with Crippen molar-refractivity contribution in [3.63, 3.8) is 0 Å². The van der Waals surface area contributed by atoms with Crippen LogP contribution in [-0.2, 0) is 27.2 Å². The molecule has 0 aliphatic carbocycles. The summed E-state index contributed by atoms with van der Waals surface area (Å²) in [5.41, 5.74) is 2.06. The molecule has 0 saturated carbocycles. The quantitative estimate of drug-likeness (QED) is 0.162. The van der Waals surface area contributed by atoms with Crippen LogP contribution in [0.3, 0.4) is 0 Å². The predicted octanol–water partition coefficient (Wildman–Crippen LogP) is 7.51. The van der Waals surface area contributed by atoms with Crippen molar-refractivity contribution in [2.75, 3.05) is 6.61 Å². The van der Waals surface area contributed by atoms with Crippen LogP contribution in [0.2, 0.25) is 0 Å². The molecule has 0 bridgehead atoms. The molecule has 0 amide bonds. The van der Waals surface area contributed by atoms with E-state index in [1.807, 2.05) is 61.7 Å². The van der Waals surface area contributed by atoms with Crippen LogP contribution < -0.4 is 4.74 Å². The van der Waals surface area contributed by atoms with Crippen LogP contribution in [0.4, 0.5) is 0 Å². The number of nitrogens with zero attached hydrogens (tertiary/aromatic N) is 1. The van der Waals surface area contributed by atoms with Gasteiger partial charge in [-0.25, -0.2) is 4.79 Å². The van der Waals surface area contributed by atoms with Gasteiger partial charge in [-0.15, -0.1) is 0 Å². The molecule has 6 nitrogen and oxygen atoms in total. The van der Waals surface area contributed by atoms with Crippen molar-refractivity contribution in [2.24, 2.45) is 0 Å². The summed E-state index contributed by atoms with van der Waals surface area (Å²) in [5.74, 6) is -0.0221. The molecule has 6 heteroatoms. The van der Waals surface area contributed by atoms with Crippen LogP contribution in [0.15, 0.2) is 54.7 Å². The Labute approximate surface area is 227 Å². The van der Waals surface area contributed by atoms with Crippen molar-refractivity contribution in [1.29, 1.82) is 0 Å². The Morgan fingerprint density at radius 2 is 1.61 bits per heavy atom. The van der Waals surface area contributed by atoms with Crippen molar-refractivity contribution in [1.82, 2.24) is 4.57 Å². The molecule has 0 saturated heterocycles. The minimum Gasteiger partial charge on any atom is -0.490 e. The topological polar surface area (TPSA) is 66.8 Å². The van der Waals surface area contributed by atoms with E-state index in [0.717, 1.165) is 23.1 Å². The number of ether oxygens (including phenoxy) is 3. The van der Waals surface area contributed by atoms with E-state index in [1.54, 1.807) is 6.20 Å². The summed E-state index contributed by atoms with van der Waals surface area (Å²) in [5, 5.41) is 0.796. The summed E-state index contributed by atoms with van der Waals surface area (Å²) in [4.78, 5) is 24.7. The summed E-state index contributed by atoms with van der Waals surface area (Å²) >= 11 is 0. The Kier molecular flexibility index (Phi) is 10.8. The molecule has 1 heterocycles. The van der Waals surface area contributed by atoms with E-state index in [4.69, 9.17) is 14.2 Å². The highest BCUT2D eigenvalue weighted by Gasteiger charge is 2.23. The summed E-state index contributed by atoms with van der Waals surface area (Å²) in [6.45, 7) is 9.72. The van der Waals surface area contributed by atoms with E-state index in [9.17, 15) is 9.59 Å². The van der Waals surface area contributed by atoms with Gasteiger partial charge in [0.2, 0.25) is 0 Å². The number of carbonyl (C=O) groups excluding carboxylic acids is 2. The lowest BCUT2D eigenvalue weighted by atomic mass is 10.0. The zero-order valence-corrected chi connectivity index (χ0v) is 23.6. The van der Waals surface area contributed by atoms with Crippen molar-refractivity contribution in [3.05, 3.63) is 65.9 Å². The zero-order chi connectivity index (χ0) is 27.5. The van der Waals surface area contributed by atoms with Crippen LogP contribution in [0.1, 0.15) is 89.1 Å². The molecule has 1 unspecified atom stereocenters. The summed E-state index contributed by atoms with van der Waals surface area (Å²) in [7, 11) is 0. The average molecular weight is 522 g/mol. The van der Waals surface area contributed by atoms with Gasteiger partial charge in [0.1, 0.15) is 18.0 Å². The fourth-order valence-electron chi connectivity index (χ4n) is 4.52. The first-order chi connectivity index (χ1) is 18.2. The maximum atomic E-state index is 12.9. The molecule has 1 atom stereocenters. The highest BCUT2D eigenvalue weighted by atomic mass is 16.6. The number of esters is 2. The lowest BCUT2D eigenvalue weighted by molar-refractivity contribution is -0.148. The van der Waals surface area contributed by atoms with Gasteiger partial charge < -0.3 is 18.8 Å². The third-order valence-corrected chi connectivity index (χ3v) is 6.32. The molecule has 0 N–H and O–H groups in total. The number of fused-ring (bicyclic) bond motifs is 1. The second-order valence-electron chi connectivity index (χ2n) is 10.9. The van der Waals surface area contributed by atoms with Gasteiger partial charge in [0.25, 0.3) is 0 Å². The average Bonchev–Trinajstić information content (AvgIpc) is 3.23. The van der Waals surface area contributed by atoms with E-state index in [0.29, 0.717) is 12.1 Å². The maximum absolute atomic E-state index is 12.9. The van der Waals surface area contributed by atoms with Crippen molar-refractivity contribution >= 4 is 22.8 Å². The van der Waals surface area contributed by atoms with Gasteiger partial charge in [-0.05, 0) is 57.4 Å². The molecule has 3 rings (SSSR count). The van der Waals surface area contributed by atoms with E-state index in [1.165, 1.54) is 51.0 Å². The number of carbonyl (C=O) groups is 2. The monoisotopic (exact) mass is 521 g/mol. The van der Waals surface area contributed by atoms with Crippen LogP contribution in [0.25, 0.3) is 10.9 Å². The smallest absolute Gasteiger partial charge is 0.340 e. The largest absolute Gasteiger partial charge is 0.490 e. The number of hydrogen-bond acceptors (Lipinski definition) is 5. The number of aromatic nitrogens is 1. The summed E-state index contributed by atoms with van der Waals surface area (Å²) < 4.78 is 19.1. The molecule has 1 aromatic heterocycles. The van der Waals surface area contributed by atoms with Crippen LogP contribution in [-0.4, -0.2) is 34.8 Å². The second kappa shape index (κ2) is 14.0. The minimum absolute atomic E-state index is 0.199. The van der Waals surface area contributed by atoms with Crippen molar-refractivity contribution < 1.29 is 23.8 Å². The maximum Gasteiger partial charge on any atom is 0.340 e. The van der Waals surface area contributed by atoms with Gasteiger partial charge in [0.05, 0.1) is 12.1 Å². The van der Waals surface area contributed by atoms with Gasteiger partial charge >= 0.3 is 11.9 Å². The predicted molar refractivity (Wildman–Crippen MR) is 152 cm³/mol. The molecule has 38 heavy (non-hydrogen) atoms. The molecular weight excluding hydrogens is 478 g/mol. The highest BCUT2D eigenvalue weighted by Crippen LogP contribution is 2.25. The minimum atomic E-state index is -0.599. The fourth-order valence-corrected chi connectivity index (χ4v) is 4.52. The normalized spacial score (nSPS) is 12.3. The summed E-state index contributed by atoms with van der Waals surface area (Å²) in [6, 6.07) is 15.8. The zero-order valence-electron chi connectivity index (χ0n) is 23.6. The molecule has 0 fully saturated rings. The second-order valence-corrected chi connectivity index (χ2v) is 10.9. The Morgan fingerprint density at radius 3 is 2.29 bits per heavy atom. The SMILES string of the molecule is CCCCCCCCc1ccc(OCC(Cn2cc(C(=O)OC(C)(C)C)c3ccccc32)OC(C)=O)cc1. The first-order valence-corrected chi connectivity index (χ1v) is 13.9. The third-order valence-electron chi connectivity index (χ3n) is 6.32.